The van der Waals surface area contributed by atoms with Crippen molar-refractivity contribution in [1.29, 1.82) is 0 Å². The number of furan rings is 1. The van der Waals surface area contributed by atoms with E-state index in [4.69, 9.17) is 16.0 Å². The molecule has 9 nitrogen and oxygen atoms in total. The second kappa shape index (κ2) is 10.8. The lowest BCUT2D eigenvalue weighted by Crippen LogP contribution is -2.39. The lowest BCUT2D eigenvalue weighted by molar-refractivity contribution is -0.122. The first-order valence-corrected chi connectivity index (χ1v) is 12.1. The molecule has 0 spiro atoms. The van der Waals surface area contributed by atoms with Crippen molar-refractivity contribution in [3.8, 4) is 0 Å². The van der Waals surface area contributed by atoms with Crippen molar-refractivity contribution >= 4 is 46.3 Å². The Labute approximate surface area is 205 Å². The molecule has 0 saturated carbocycles. The zero-order chi connectivity index (χ0) is 24.1. The predicted octanol–water partition coefficient (Wildman–Crippen LogP) is 3.90. The van der Waals surface area contributed by atoms with Gasteiger partial charge in [-0.3, -0.25) is 14.4 Å². The molecule has 2 N–H and O–H groups in total. The van der Waals surface area contributed by atoms with Gasteiger partial charge in [0.2, 0.25) is 15.9 Å². The number of hydrogen-bond acceptors (Lipinski definition) is 7. The number of carbonyl (C=O) groups is 3. The second-order valence-electron chi connectivity index (χ2n) is 8.11. The summed E-state index contributed by atoms with van der Waals surface area (Å²) < 4.78 is 5.46. The monoisotopic (exact) mass is 501 g/mol. The molecule has 1 aromatic carbocycles. The van der Waals surface area contributed by atoms with Crippen molar-refractivity contribution in [3.63, 3.8) is 0 Å². The smallest absolute Gasteiger partial charge is 0.286 e. The fourth-order valence-corrected chi connectivity index (χ4v) is 4.62. The molecule has 2 aromatic heterocycles. The van der Waals surface area contributed by atoms with Crippen molar-refractivity contribution < 1.29 is 18.8 Å². The highest BCUT2D eigenvalue weighted by atomic mass is 35.5. The van der Waals surface area contributed by atoms with Crippen LogP contribution >= 0.6 is 22.9 Å². The molecule has 1 saturated heterocycles. The van der Waals surface area contributed by atoms with E-state index in [0.717, 1.165) is 35.7 Å². The van der Waals surface area contributed by atoms with E-state index in [2.05, 4.69) is 20.8 Å². The summed E-state index contributed by atoms with van der Waals surface area (Å²) in [4.78, 5) is 39.2. The maximum Gasteiger partial charge on any atom is 0.286 e. The average molecular weight is 502 g/mol. The standard InChI is InChI=1S/C23H24ClN5O4S/c1-14-5-6-18(33-14)13-25-19(30)11-15-7-9-29(10-8-15)23(32)22-28-27-21(34-22)20(31)26-17-4-2-3-16(24)12-17/h2-6,12,15H,7-11,13H2,1H3,(H,25,30)(H,26,31). The number of nitrogens with zero attached hydrogens (tertiary/aromatic N) is 3. The van der Waals surface area contributed by atoms with Crippen LogP contribution < -0.4 is 10.6 Å². The van der Waals surface area contributed by atoms with Gasteiger partial charge in [0.25, 0.3) is 11.8 Å². The minimum absolute atomic E-state index is 0.0293. The zero-order valence-corrected chi connectivity index (χ0v) is 20.1. The number of carbonyl (C=O) groups excluding carboxylic acids is 3. The number of piperidine rings is 1. The molecule has 3 heterocycles. The number of aromatic nitrogens is 2. The topological polar surface area (TPSA) is 117 Å². The third-order valence-electron chi connectivity index (χ3n) is 5.52. The van der Waals surface area contributed by atoms with Gasteiger partial charge in [-0.25, -0.2) is 0 Å². The lowest BCUT2D eigenvalue weighted by atomic mass is 9.93. The van der Waals surface area contributed by atoms with Gasteiger partial charge in [0, 0.05) is 30.2 Å². The Balaban J connectivity index is 1.23. The number of hydrogen-bond donors (Lipinski definition) is 2. The zero-order valence-electron chi connectivity index (χ0n) is 18.5. The summed E-state index contributed by atoms with van der Waals surface area (Å²) in [5.74, 6) is 1.01. The molecule has 11 heteroatoms. The molecule has 0 aliphatic carbocycles. The Morgan fingerprint density at radius 1 is 1.15 bits per heavy atom. The normalized spacial score (nSPS) is 14.1. The van der Waals surface area contributed by atoms with E-state index in [1.807, 2.05) is 19.1 Å². The van der Waals surface area contributed by atoms with Gasteiger partial charge in [-0.1, -0.05) is 29.0 Å². The molecule has 34 heavy (non-hydrogen) atoms. The number of halogens is 1. The predicted molar refractivity (Wildman–Crippen MR) is 128 cm³/mol. The molecule has 3 aromatic rings. The summed E-state index contributed by atoms with van der Waals surface area (Å²) in [6, 6.07) is 10.5. The molecule has 1 fully saturated rings. The molecule has 178 valence electrons. The van der Waals surface area contributed by atoms with E-state index >= 15 is 0 Å². The SMILES string of the molecule is Cc1ccc(CNC(=O)CC2CCN(C(=O)c3nnc(C(=O)Nc4cccc(Cl)c4)s3)CC2)o1. The van der Waals surface area contributed by atoms with Gasteiger partial charge in [0.1, 0.15) is 11.5 Å². The Morgan fingerprint density at radius 3 is 2.62 bits per heavy atom. The number of likely N-dealkylation sites (tertiary alicyclic amines) is 1. The molecular formula is C23H24ClN5O4S. The molecule has 0 atom stereocenters. The van der Waals surface area contributed by atoms with E-state index in [1.165, 1.54) is 0 Å². The van der Waals surface area contributed by atoms with Gasteiger partial charge in [0.15, 0.2) is 0 Å². The summed E-state index contributed by atoms with van der Waals surface area (Å²) in [7, 11) is 0. The van der Waals surface area contributed by atoms with Crippen LogP contribution in [0.3, 0.4) is 0 Å². The molecular weight excluding hydrogens is 478 g/mol. The summed E-state index contributed by atoms with van der Waals surface area (Å²) >= 11 is 6.89. The van der Waals surface area contributed by atoms with Crippen molar-refractivity contribution in [2.24, 2.45) is 5.92 Å². The van der Waals surface area contributed by atoms with Crippen LogP contribution in [0, 0.1) is 12.8 Å². The number of amides is 3. The number of anilines is 1. The molecule has 0 bridgehead atoms. The quantitative estimate of drug-likeness (QED) is 0.507. The maximum atomic E-state index is 12.8. The highest BCUT2D eigenvalue weighted by molar-refractivity contribution is 7.15. The van der Waals surface area contributed by atoms with Gasteiger partial charge in [-0.15, -0.1) is 10.2 Å². The number of benzene rings is 1. The van der Waals surface area contributed by atoms with Gasteiger partial charge < -0.3 is 20.0 Å². The number of rotatable bonds is 7. The minimum atomic E-state index is -0.451. The first-order valence-electron chi connectivity index (χ1n) is 10.9. The summed E-state index contributed by atoms with van der Waals surface area (Å²) in [5.41, 5.74) is 0.533. The summed E-state index contributed by atoms with van der Waals surface area (Å²) in [6.07, 6.45) is 1.86. The van der Waals surface area contributed by atoms with Gasteiger partial charge in [-0.2, -0.15) is 0 Å². The Hall–Kier alpha value is -3.24. The molecule has 0 unspecified atom stereocenters. The van der Waals surface area contributed by atoms with Crippen molar-refractivity contribution in [2.45, 2.75) is 32.7 Å². The second-order valence-corrected chi connectivity index (χ2v) is 9.52. The molecule has 3 amide bonds. The molecule has 1 aliphatic rings. The van der Waals surface area contributed by atoms with Crippen LogP contribution in [0.1, 0.15) is 50.4 Å². The molecule has 0 radical (unpaired) electrons. The number of nitrogens with one attached hydrogen (secondary N) is 2. The fraction of sp³-hybridized carbons (Fsp3) is 0.348. The first kappa shape index (κ1) is 23.9. The number of aryl methyl sites for hydroxylation is 1. The summed E-state index contributed by atoms with van der Waals surface area (Å²) in [6.45, 7) is 3.28. The minimum Gasteiger partial charge on any atom is -0.465 e. The van der Waals surface area contributed by atoms with E-state index in [0.29, 0.717) is 36.8 Å². The average Bonchev–Trinajstić information content (AvgIpc) is 3.47. The van der Waals surface area contributed by atoms with Crippen molar-refractivity contribution in [2.75, 3.05) is 18.4 Å². The van der Waals surface area contributed by atoms with E-state index in [9.17, 15) is 14.4 Å². The van der Waals surface area contributed by atoms with Gasteiger partial charge >= 0.3 is 0 Å². The first-order chi connectivity index (χ1) is 16.4. The van der Waals surface area contributed by atoms with Crippen LogP contribution in [0.5, 0.6) is 0 Å². The lowest BCUT2D eigenvalue weighted by Gasteiger charge is -2.31. The van der Waals surface area contributed by atoms with E-state index < -0.39 is 5.91 Å². The van der Waals surface area contributed by atoms with Gasteiger partial charge in [0.05, 0.1) is 6.54 Å². The van der Waals surface area contributed by atoms with Crippen molar-refractivity contribution in [3.05, 3.63) is 63.0 Å². The van der Waals surface area contributed by atoms with Crippen LogP contribution in [0.25, 0.3) is 0 Å². The van der Waals surface area contributed by atoms with E-state index in [-0.39, 0.29) is 27.7 Å². The third-order valence-corrected chi connectivity index (χ3v) is 6.66. The Kier molecular flexibility index (Phi) is 7.59. The van der Waals surface area contributed by atoms with E-state index in [1.54, 1.807) is 29.2 Å². The van der Waals surface area contributed by atoms with Gasteiger partial charge in [-0.05, 0) is 56.0 Å². The van der Waals surface area contributed by atoms with Crippen LogP contribution in [-0.2, 0) is 11.3 Å². The molecule has 1 aliphatic heterocycles. The van der Waals surface area contributed by atoms with Crippen LogP contribution in [0.2, 0.25) is 5.02 Å². The highest BCUT2D eigenvalue weighted by Gasteiger charge is 2.28. The van der Waals surface area contributed by atoms with Crippen LogP contribution in [-0.4, -0.2) is 45.9 Å². The Bertz CT molecular complexity index is 1190. The summed E-state index contributed by atoms with van der Waals surface area (Å²) in [5, 5.41) is 14.1. The molecule has 4 rings (SSSR count). The maximum absolute atomic E-state index is 12.8. The Morgan fingerprint density at radius 2 is 1.91 bits per heavy atom. The van der Waals surface area contributed by atoms with Crippen LogP contribution in [0.15, 0.2) is 40.8 Å². The van der Waals surface area contributed by atoms with Crippen LogP contribution in [0.4, 0.5) is 5.69 Å². The third kappa shape index (κ3) is 6.21. The largest absolute Gasteiger partial charge is 0.465 e. The highest BCUT2D eigenvalue weighted by Crippen LogP contribution is 2.23. The fourth-order valence-electron chi connectivity index (χ4n) is 3.73. The van der Waals surface area contributed by atoms with Crippen molar-refractivity contribution in [1.82, 2.24) is 20.4 Å².